The van der Waals surface area contributed by atoms with Crippen LogP contribution in [-0.4, -0.2) is 36.5 Å². The van der Waals surface area contributed by atoms with Crippen molar-refractivity contribution in [2.45, 2.75) is 50.0 Å². The van der Waals surface area contributed by atoms with Crippen molar-refractivity contribution in [3.8, 4) is 0 Å². The van der Waals surface area contributed by atoms with E-state index in [0.29, 0.717) is 12.6 Å². The number of rotatable bonds is 4. The third-order valence-electron chi connectivity index (χ3n) is 6.11. The number of benzene rings is 1. The van der Waals surface area contributed by atoms with Gasteiger partial charge in [-0.3, -0.25) is 9.69 Å². The highest BCUT2D eigenvalue weighted by molar-refractivity contribution is 6.30. The fraction of sp³-hybridized carbons (Fsp3) is 0.632. The van der Waals surface area contributed by atoms with Crippen molar-refractivity contribution < 1.29 is 4.79 Å². The third-order valence-corrected chi connectivity index (χ3v) is 6.35. The van der Waals surface area contributed by atoms with E-state index in [1.165, 1.54) is 5.56 Å². The number of carbonyl (C=O) groups is 1. The first-order chi connectivity index (χ1) is 11.5. The van der Waals surface area contributed by atoms with E-state index in [4.69, 9.17) is 23.1 Å². The topological polar surface area (TPSA) is 72.3 Å². The minimum absolute atomic E-state index is 0. The average molecular weight is 423 g/mol. The van der Waals surface area contributed by atoms with Crippen LogP contribution < -0.4 is 11.5 Å². The molecule has 1 aromatic carbocycles. The summed E-state index contributed by atoms with van der Waals surface area (Å²) in [6, 6.07) is 8.70. The molecule has 2 aliphatic rings. The van der Waals surface area contributed by atoms with Crippen LogP contribution in [0.15, 0.2) is 24.3 Å². The average Bonchev–Trinajstić information content (AvgIpc) is 2.62. The number of hydrogen-bond acceptors (Lipinski definition) is 3. The van der Waals surface area contributed by atoms with E-state index in [2.05, 4.69) is 17.0 Å². The van der Waals surface area contributed by atoms with Gasteiger partial charge in [0.1, 0.15) is 0 Å². The summed E-state index contributed by atoms with van der Waals surface area (Å²) in [4.78, 5) is 14.0. The van der Waals surface area contributed by atoms with Crippen LogP contribution in [-0.2, 0) is 10.2 Å². The summed E-state index contributed by atoms with van der Waals surface area (Å²) in [5.74, 6) is -0.126. The Balaban J connectivity index is 0.00000169. The van der Waals surface area contributed by atoms with Gasteiger partial charge in [0.15, 0.2) is 0 Å². The monoisotopic (exact) mass is 421 g/mol. The maximum Gasteiger partial charge on any atom is 0.221 e. The third kappa shape index (κ3) is 5.05. The van der Waals surface area contributed by atoms with E-state index in [1.54, 1.807) is 0 Å². The predicted octanol–water partition coefficient (Wildman–Crippen LogP) is 3.52. The van der Waals surface area contributed by atoms with Gasteiger partial charge in [-0.05, 0) is 62.8 Å². The van der Waals surface area contributed by atoms with E-state index in [0.717, 1.165) is 56.6 Å². The summed E-state index contributed by atoms with van der Waals surface area (Å²) in [6.45, 7) is 2.57. The molecule has 0 aromatic heterocycles. The summed E-state index contributed by atoms with van der Waals surface area (Å²) in [5.41, 5.74) is 13.0. The first-order valence-electron chi connectivity index (χ1n) is 9.03. The van der Waals surface area contributed by atoms with Gasteiger partial charge in [0.05, 0.1) is 5.92 Å². The molecule has 26 heavy (non-hydrogen) atoms. The van der Waals surface area contributed by atoms with Crippen molar-refractivity contribution in [1.82, 2.24) is 4.90 Å². The highest BCUT2D eigenvalue weighted by atomic mass is 35.5. The number of nitrogens with zero attached hydrogens (tertiary/aromatic N) is 1. The van der Waals surface area contributed by atoms with E-state index in [1.807, 2.05) is 12.1 Å². The van der Waals surface area contributed by atoms with E-state index in [9.17, 15) is 4.79 Å². The normalized spacial score (nSPS) is 29.3. The highest BCUT2D eigenvalue weighted by Gasteiger charge is 2.38. The zero-order chi connectivity index (χ0) is 17.2. The number of likely N-dealkylation sites (tertiary alicyclic amines) is 1. The summed E-state index contributed by atoms with van der Waals surface area (Å²) >= 11 is 6.19. The molecule has 4 N–H and O–H groups in total. The standard InChI is InChI=1S/C19H28ClN3O.2ClH/c20-16-5-1-4-15(11-16)19(13-21)8-6-17(7-9-19)23-10-2-3-14(12-23)18(22)24;;/h1,4-5,11,14,17H,2-3,6-10,12-13,21H2,(H2,22,24);2*1H. The Hall–Kier alpha value is -0.520. The van der Waals surface area contributed by atoms with Crippen molar-refractivity contribution >= 4 is 42.3 Å². The maximum atomic E-state index is 11.5. The van der Waals surface area contributed by atoms with Crippen LogP contribution in [0.1, 0.15) is 44.1 Å². The molecule has 1 aromatic rings. The molecular weight excluding hydrogens is 393 g/mol. The van der Waals surface area contributed by atoms with Crippen LogP contribution >= 0.6 is 36.4 Å². The number of nitrogens with two attached hydrogens (primary N) is 2. The van der Waals surface area contributed by atoms with E-state index < -0.39 is 0 Å². The fourth-order valence-electron chi connectivity index (χ4n) is 4.52. The molecule has 1 unspecified atom stereocenters. The molecule has 3 rings (SSSR count). The number of primary amides is 1. The Kier molecular flexibility index (Phi) is 9.17. The minimum atomic E-state index is -0.147. The minimum Gasteiger partial charge on any atom is -0.369 e. The molecule has 1 atom stereocenters. The molecule has 4 nitrogen and oxygen atoms in total. The summed E-state index contributed by atoms with van der Waals surface area (Å²) in [6.07, 6.45) is 6.40. The second-order valence-corrected chi connectivity index (χ2v) is 7.90. The van der Waals surface area contributed by atoms with Crippen molar-refractivity contribution in [3.05, 3.63) is 34.9 Å². The van der Waals surface area contributed by atoms with Gasteiger partial charge in [-0.2, -0.15) is 0 Å². The number of hydrogen-bond donors (Lipinski definition) is 2. The second-order valence-electron chi connectivity index (χ2n) is 7.46. The lowest BCUT2D eigenvalue weighted by atomic mass is 9.68. The lowest BCUT2D eigenvalue weighted by Crippen LogP contribution is -2.50. The van der Waals surface area contributed by atoms with E-state index >= 15 is 0 Å². The van der Waals surface area contributed by atoms with Crippen molar-refractivity contribution in [2.75, 3.05) is 19.6 Å². The first-order valence-corrected chi connectivity index (χ1v) is 9.41. The first kappa shape index (κ1) is 23.5. The number of piperidine rings is 1. The van der Waals surface area contributed by atoms with Gasteiger partial charge in [-0.25, -0.2) is 0 Å². The lowest BCUT2D eigenvalue weighted by molar-refractivity contribution is -0.123. The zero-order valence-corrected chi connectivity index (χ0v) is 17.4. The SMILES string of the molecule is Cl.Cl.NCC1(c2cccc(Cl)c2)CCC(N2CCCC(C(N)=O)C2)CC1. The van der Waals surface area contributed by atoms with Gasteiger partial charge in [0.25, 0.3) is 0 Å². The summed E-state index contributed by atoms with van der Waals surface area (Å²) < 4.78 is 0. The number of amides is 1. The molecule has 2 fully saturated rings. The van der Waals surface area contributed by atoms with Crippen molar-refractivity contribution in [2.24, 2.45) is 17.4 Å². The van der Waals surface area contributed by atoms with Gasteiger partial charge in [-0.1, -0.05) is 23.7 Å². The van der Waals surface area contributed by atoms with Crippen LogP contribution in [0.2, 0.25) is 5.02 Å². The maximum absolute atomic E-state index is 11.5. The largest absolute Gasteiger partial charge is 0.369 e. The van der Waals surface area contributed by atoms with Gasteiger partial charge < -0.3 is 11.5 Å². The molecule has 1 aliphatic carbocycles. The molecule has 148 valence electrons. The molecule has 0 radical (unpaired) electrons. The molecule has 1 heterocycles. The Bertz CT molecular complexity index is 591. The molecule has 1 amide bonds. The Morgan fingerprint density at radius 3 is 2.50 bits per heavy atom. The van der Waals surface area contributed by atoms with Gasteiger partial charge >= 0.3 is 0 Å². The highest BCUT2D eigenvalue weighted by Crippen LogP contribution is 2.41. The molecule has 0 bridgehead atoms. The van der Waals surface area contributed by atoms with Crippen LogP contribution in [0.3, 0.4) is 0 Å². The molecule has 1 aliphatic heterocycles. The summed E-state index contributed by atoms with van der Waals surface area (Å²) in [7, 11) is 0. The molecule has 1 saturated carbocycles. The van der Waals surface area contributed by atoms with Gasteiger partial charge in [-0.15, -0.1) is 24.8 Å². The Morgan fingerprint density at radius 2 is 1.92 bits per heavy atom. The van der Waals surface area contributed by atoms with Crippen molar-refractivity contribution in [1.29, 1.82) is 0 Å². The fourth-order valence-corrected chi connectivity index (χ4v) is 4.71. The summed E-state index contributed by atoms with van der Waals surface area (Å²) in [5, 5.41) is 0.780. The van der Waals surface area contributed by atoms with Crippen LogP contribution in [0.4, 0.5) is 0 Å². The lowest BCUT2D eigenvalue weighted by Gasteiger charge is -2.45. The van der Waals surface area contributed by atoms with Crippen LogP contribution in [0.25, 0.3) is 0 Å². The predicted molar refractivity (Wildman–Crippen MR) is 112 cm³/mol. The van der Waals surface area contributed by atoms with Gasteiger partial charge in [0.2, 0.25) is 5.91 Å². The molecular formula is C19H30Cl3N3O. The number of carbonyl (C=O) groups excluding carboxylic acids is 1. The van der Waals surface area contributed by atoms with Crippen LogP contribution in [0, 0.1) is 5.92 Å². The number of halogens is 3. The Labute approximate surface area is 173 Å². The zero-order valence-electron chi connectivity index (χ0n) is 15.0. The second kappa shape index (κ2) is 10.1. The molecule has 1 saturated heterocycles. The Morgan fingerprint density at radius 1 is 1.23 bits per heavy atom. The molecule has 7 heteroatoms. The van der Waals surface area contributed by atoms with Crippen molar-refractivity contribution in [3.63, 3.8) is 0 Å². The quantitative estimate of drug-likeness (QED) is 0.779. The van der Waals surface area contributed by atoms with E-state index in [-0.39, 0.29) is 42.1 Å². The van der Waals surface area contributed by atoms with Gasteiger partial charge in [0, 0.05) is 29.6 Å². The smallest absolute Gasteiger partial charge is 0.221 e. The van der Waals surface area contributed by atoms with Crippen LogP contribution in [0.5, 0.6) is 0 Å². The molecule has 0 spiro atoms.